The summed E-state index contributed by atoms with van der Waals surface area (Å²) in [5.41, 5.74) is 1.74. The van der Waals surface area contributed by atoms with E-state index in [4.69, 9.17) is 0 Å². The largest absolute Gasteiger partial charge is 0.366 e. The Bertz CT molecular complexity index is 481. The standard InChI is InChI=1S/C15H20N4/c1-2-19(15-10-17-6-5-11(15)9-16)14-7-12-3-4-13(8-14)18-12/h5-6,10,12-14,18H,2-4,7-8H2,1H3. The van der Waals surface area contributed by atoms with Crippen LogP contribution >= 0.6 is 0 Å². The zero-order valence-electron chi connectivity index (χ0n) is 11.3. The molecule has 0 aromatic carbocycles. The van der Waals surface area contributed by atoms with Crippen molar-refractivity contribution in [1.82, 2.24) is 10.3 Å². The van der Waals surface area contributed by atoms with Crippen LogP contribution in [0.4, 0.5) is 5.69 Å². The van der Waals surface area contributed by atoms with Gasteiger partial charge < -0.3 is 10.2 Å². The van der Waals surface area contributed by atoms with E-state index in [9.17, 15) is 5.26 Å². The number of nitrogens with one attached hydrogen (secondary N) is 1. The second-order valence-electron chi connectivity index (χ2n) is 5.55. The minimum Gasteiger partial charge on any atom is -0.366 e. The molecule has 3 heterocycles. The molecule has 0 saturated carbocycles. The van der Waals surface area contributed by atoms with Crippen LogP contribution in [0.1, 0.15) is 38.2 Å². The Morgan fingerprint density at radius 3 is 2.79 bits per heavy atom. The molecule has 19 heavy (non-hydrogen) atoms. The average Bonchev–Trinajstić information content (AvgIpc) is 2.79. The first kappa shape index (κ1) is 12.4. The van der Waals surface area contributed by atoms with Crippen LogP contribution in [0.5, 0.6) is 0 Å². The molecule has 0 amide bonds. The van der Waals surface area contributed by atoms with Gasteiger partial charge in [-0.1, -0.05) is 0 Å². The predicted octanol–water partition coefficient (Wildman–Crippen LogP) is 2.06. The van der Waals surface area contributed by atoms with Gasteiger partial charge in [0.05, 0.1) is 17.4 Å². The van der Waals surface area contributed by atoms with Crippen LogP contribution in [-0.4, -0.2) is 29.7 Å². The van der Waals surface area contributed by atoms with E-state index in [1.807, 2.05) is 12.3 Å². The molecule has 4 nitrogen and oxygen atoms in total. The van der Waals surface area contributed by atoms with Crippen molar-refractivity contribution < 1.29 is 0 Å². The minimum absolute atomic E-state index is 0.542. The summed E-state index contributed by atoms with van der Waals surface area (Å²) in [6.45, 7) is 3.10. The number of anilines is 1. The third kappa shape index (κ3) is 2.31. The number of hydrogen-bond donors (Lipinski definition) is 1. The van der Waals surface area contributed by atoms with Crippen LogP contribution in [0.2, 0.25) is 0 Å². The maximum Gasteiger partial charge on any atom is 0.101 e. The van der Waals surface area contributed by atoms with Gasteiger partial charge in [-0.15, -0.1) is 0 Å². The molecule has 100 valence electrons. The number of piperidine rings is 1. The number of hydrogen-bond acceptors (Lipinski definition) is 4. The Hall–Kier alpha value is -1.60. The van der Waals surface area contributed by atoms with Crippen LogP contribution in [0, 0.1) is 11.3 Å². The van der Waals surface area contributed by atoms with Crippen LogP contribution in [0.15, 0.2) is 18.5 Å². The summed E-state index contributed by atoms with van der Waals surface area (Å²) in [5, 5.41) is 12.9. The van der Waals surface area contributed by atoms with E-state index in [0.717, 1.165) is 17.8 Å². The molecule has 0 spiro atoms. The molecule has 1 aromatic rings. The molecule has 2 saturated heterocycles. The van der Waals surface area contributed by atoms with Crippen LogP contribution in [0.25, 0.3) is 0 Å². The quantitative estimate of drug-likeness (QED) is 0.899. The number of nitriles is 1. The summed E-state index contributed by atoms with van der Waals surface area (Å²) in [6, 6.07) is 5.98. The van der Waals surface area contributed by atoms with E-state index in [1.54, 1.807) is 6.20 Å². The van der Waals surface area contributed by atoms with Crippen molar-refractivity contribution in [2.45, 2.75) is 50.7 Å². The molecule has 2 fully saturated rings. The van der Waals surface area contributed by atoms with Gasteiger partial charge in [0.25, 0.3) is 0 Å². The summed E-state index contributed by atoms with van der Waals surface area (Å²) in [4.78, 5) is 6.57. The van der Waals surface area contributed by atoms with Crippen LogP contribution in [0.3, 0.4) is 0 Å². The van der Waals surface area contributed by atoms with Gasteiger partial charge in [-0.3, -0.25) is 4.98 Å². The Kier molecular flexibility index (Phi) is 3.39. The lowest BCUT2D eigenvalue weighted by atomic mass is 9.97. The maximum absolute atomic E-state index is 9.26. The topological polar surface area (TPSA) is 52.0 Å². The van der Waals surface area contributed by atoms with Crippen LogP contribution < -0.4 is 10.2 Å². The lowest BCUT2D eigenvalue weighted by Gasteiger charge is -2.38. The summed E-state index contributed by atoms with van der Waals surface area (Å²) in [5.74, 6) is 0. The van der Waals surface area contributed by atoms with Gasteiger partial charge in [-0.2, -0.15) is 5.26 Å². The van der Waals surface area contributed by atoms with Gasteiger partial charge in [-0.25, -0.2) is 0 Å². The monoisotopic (exact) mass is 256 g/mol. The molecular weight excluding hydrogens is 236 g/mol. The Balaban J connectivity index is 1.86. The fourth-order valence-corrected chi connectivity index (χ4v) is 3.62. The van der Waals surface area contributed by atoms with Gasteiger partial charge in [-0.05, 0) is 38.7 Å². The Labute approximate surface area is 114 Å². The number of nitrogens with zero attached hydrogens (tertiary/aromatic N) is 3. The zero-order chi connectivity index (χ0) is 13.2. The number of fused-ring (bicyclic) bond motifs is 2. The lowest BCUT2D eigenvalue weighted by molar-refractivity contribution is 0.349. The third-order valence-corrected chi connectivity index (χ3v) is 4.46. The van der Waals surface area contributed by atoms with Crippen molar-refractivity contribution in [2.24, 2.45) is 0 Å². The highest BCUT2D eigenvalue weighted by Gasteiger charge is 2.36. The number of rotatable bonds is 3. The first-order valence-electron chi connectivity index (χ1n) is 7.18. The van der Waals surface area contributed by atoms with Crippen molar-refractivity contribution in [2.75, 3.05) is 11.4 Å². The Morgan fingerprint density at radius 1 is 1.42 bits per heavy atom. The molecule has 2 aliphatic rings. The molecule has 4 heteroatoms. The second-order valence-corrected chi connectivity index (χ2v) is 5.55. The van der Waals surface area contributed by atoms with E-state index in [-0.39, 0.29) is 0 Å². The van der Waals surface area contributed by atoms with Crippen LogP contribution in [-0.2, 0) is 0 Å². The lowest BCUT2D eigenvalue weighted by Crippen LogP contribution is -2.48. The molecule has 0 radical (unpaired) electrons. The highest BCUT2D eigenvalue weighted by atomic mass is 15.2. The average molecular weight is 256 g/mol. The number of aromatic nitrogens is 1. The van der Waals surface area contributed by atoms with Crippen molar-refractivity contribution in [3.8, 4) is 6.07 Å². The molecular formula is C15H20N4. The molecule has 0 aliphatic carbocycles. The van der Waals surface area contributed by atoms with Crippen molar-refractivity contribution in [3.05, 3.63) is 24.0 Å². The molecule has 1 aromatic heterocycles. The first-order valence-corrected chi connectivity index (χ1v) is 7.18. The minimum atomic E-state index is 0.542. The fourth-order valence-electron chi connectivity index (χ4n) is 3.62. The molecule has 2 aliphatic heterocycles. The highest BCUT2D eigenvalue weighted by molar-refractivity contribution is 5.58. The van der Waals surface area contributed by atoms with Gasteiger partial charge in [0, 0.05) is 30.9 Å². The van der Waals surface area contributed by atoms with E-state index in [1.165, 1.54) is 25.7 Å². The fraction of sp³-hybridized carbons (Fsp3) is 0.600. The van der Waals surface area contributed by atoms with Crippen molar-refractivity contribution in [3.63, 3.8) is 0 Å². The summed E-state index contributed by atoms with van der Waals surface area (Å²) >= 11 is 0. The maximum atomic E-state index is 9.26. The second kappa shape index (κ2) is 5.18. The molecule has 1 N–H and O–H groups in total. The number of pyridine rings is 1. The van der Waals surface area contributed by atoms with E-state index in [0.29, 0.717) is 18.1 Å². The van der Waals surface area contributed by atoms with Gasteiger partial charge >= 0.3 is 0 Å². The van der Waals surface area contributed by atoms with Gasteiger partial charge in [0.1, 0.15) is 6.07 Å². The molecule has 2 bridgehead atoms. The van der Waals surface area contributed by atoms with Crippen molar-refractivity contribution >= 4 is 5.69 Å². The normalized spacial score (nSPS) is 28.9. The molecule has 2 unspecified atom stereocenters. The van der Waals surface area contributed by atoms with Crippen molar-refractivity contribution in [1.29, 1.82) is 5.26 Å². The molecule has 3 rings (SSSR count). The smallest absolute Gasteiger partial charge is 0.101 e. The zero-order valence-corrected chi connectivity index (χ0v) is 11.3. The summed E-state index contributed by atoms with van der Waals surface area (Å²) in [6.07, 6.45) is 8.51. The SMILES string of the molecule is CCN(c1cnccc1C#N)C1CC2CCC(C1)N2. The summed E-state index contributed by atoms with van der Waals surface area (Å²) in [7, 11) is 0. The summed E-state index contributed by atoms with van der Waals surface area (Å²) < 4.78 is 0. The molecule has 2 atom stereocenters. The Morgan fingerprint density at radius 2 is 2.16 bits per heavy atom. The van der Waals surface area contributed by atoms with E-state index in [2.05, 4.69) is 28.2 Å². The van der Waals surface area contributed by atoms with E-state index >= 15 is 0 Å². The third-order valence-electron chi connectivity index (χ3n) is 4.46. The predicted molar refractivity (Wildman–Crippen MR) is 74.9 cm³/mol. The first-order chi connectivity index (χ1) is 9.31. The highest BCUT2D eigenvalue weighted by Crippen LogP contribution is 2.32. The van der Waals surface area contributed by atoms with Gasteiger partial charge in [0.2, 0.25) is 0 Å². The van der Waals surface area contributed by atoms with E-state index < -0.39 is 0 Å². The van der Waals surface area contributed by atoms with Gasteiger partial charge in [0.15, 0.2) is 0 Å².